The molecule has 0 saturated carbocycles. The van der Waals surface area contributed by atoms with Gasteiger partial charge < -0.3 is 5.11 Å². The lowest BCUT2D eigenvalue weighted by Crippen LogP contribution is -2.23. The lowest BCUT2D eigenvalue weighted by molar-refractivity contribution is 0.278. The molecule has 0 fully saturated rings. The normalized spacial score (nSPS) is 10.4. The van der Waals surface area contributed by atoms with Gasteiger partial charge in [-0.25, -0.2) is 0 Å². The summed E-state index contributed by atoms with van der Waals surface area (Å²) in [5.74, 6) is 5.63. The molecule has 0 amide bonds. The van der Waals surface area contributed by atoms with Crippen LogP contribution in [-0.2, 0) is 6.54 Å². The zero-order valence-electron chi connectivity index (χ0n) is 10.7. The van der Waals surface area contributed by atoms with Crippen LogP contribution in [0.25, 0.3) is 0 Å². The second-order valence-corrected chi connectivity index (χ2v) is 5.12. The lowest BCUT2D eigenvalue weighted by atomic mass is 10.3. The van der Waals surface area contributed by atoms with Gasteiger partial charge in [-0.15, -0.1) is 11.3 Å². The lowest BCUT2D eigenvalue weighted by Gasteiger charge is -2.18. The van der Waals surface area contributed by atoms with Crippen LogP contribution in [0.15, 0.2) is 12.1 Å². The molecule has 0 spiro atoms. The molecule has 1 heterocycles. The molecule has 1 aromatic rings. The molecule has 0 aromatic carbocycles. The molecule has 1 N–H and O–H groups in total. The summed E-state index contributed by atoms with van der Waals surface area (Å²) >= 11 is 1.72. The third kappa shape index (κ3) is 5.36. The molecule has 0 saturated heterocycles. The van der Waals surface area contributed by atoms with Gasteiger partial charge in [0.2, 0.25) is 0 Å². The third-order valence-electron chi connectivity index (χ3n) is 2.61. The number of thiophene rings is 1. The van der Waals surface area contributed by atoms with E-state index in [2.05, 4.69) is 36.7 Å². The van der Waals surface area contributed by atoms with E-state index in [1.54, 1.807) is 11.3 Å². The molecule has 94 valence electrons. The number of aliphatic hydroxyl groups excluding tert-OH is 1. The van der Waals surface area contributed by atoms with Gasteiger partial charge in [0.05, 0.1) is 4.88 Å². The quantitative estimate of drug-likeness (QED) is 0.786. The summed E-state index contributed by atoms with van der Waals surface area (Å²) in [7, 11) is 0. The third-order valence-corrected chi connectivity index (χ3v) is 3.59. The fraction of sp³-hybridized carbons (Fsp3) is 0.571. The maximum absolute atomic E-state index is 8.64. The summed E-state index contributed by atoms with van der Waals surface area (Å²) in [6.07, 6.45) is 2.50. The average Bonchev–Trinajstić information content (AvgIpc) is 2.79. The highest BCUT2D eigenvalue weighted by Crippen LogP contribution is 2.17. The largest absolute Gasteiger partial charge is 0.384 e. The van der Waals surface area contributed by atoms with E-state index in [1.165, 1.54) is 24.3 Å². The summed E-state index contributed by atoms with van der Waals surface area (Å²) in [5, 5.41) is 8.64. The van der Waals surface area contributed by atoms with Crippen molar-refractivity contribution in [3.8, 4) is 11.8 Å². The fourth-order valence-corrected chi connectivity index (χ4v) is 2.53. The number of hydrogen-bond acceptors (Lipinski definition) is 3. The molecule has 0 aliphatic heterocycles. The second kappa shape index (κ2) is 8.30. The van der Waals surface area contributed by atoms with E-state index in [1.807, 2.05) is 6.07 Å². The molecule has 2 nitrogen and oxygen atoms in total. The van der Waals surface area contributed by atoms with Crippen molar-refractivity contribution >= 4 is 11.3 Å². The first-order valence-corrected chi connectivity index (χ1v) is 7.02. The highest BCUT2D eigenvalue weighted by molar-refractivity contribution is 7.12. The summed E-state index contributed by atoms with van der Waals surface area (Å²) in [5.41, 5.74) is 0. The molecule has 0 aliphatic carbocycles. The van der Waals surface area contributed by atoms with Crippen LogP contribution < -0.4 is 0 Å². The Morgan fingerprint density at radius 3 is 2.82 bits per heavy atom. The van der Waals surface area contributed by atoms with Crippen LogP contribution in [-0.4, -0.2) is 29.7 Å². The van der Waals surface area contributed by atoms with Crippen LogP contribution in [0.3, 0.4) is 0 Å². The number of unbranched alkanes of at least 4 members (excludes halogenated alkanes) is 1. The Morgan fingerprint density at radius 1 is 1.35 bits per heavy atom. The summed E-state index contributed by atoms with van der Waals surface area (Å²) < 4.78 is 0. The van der Waals surface area contributed by atoms with Crippen LogP contribution in [0, 0.1) is 11.8 Å². The van der Waals surface area contributed by atoms with Gasteiger partial charge in [0.25, 0.3) is 0 Å². The van der Waals surface area contributed by atoms with Crippen LogP contribution >= 0.6 is 11.3 Å². The van der Waals surface area contributed by atoms with Crippen molar-refractivity contribution in [2.75, 3.05) is 19.7 Å². The van der Waals surface area contributed by atoms with Crippen LogP contribution in [0.4, 0.5) is 0 Å². The minimum Gasteiger partial charge on any atom is -0.384 e. The number of aliphatic hydroxyl groups is 1. The summed E-state index contributed by atoms with van der Waals surface area (Å²) in [6, 6.07) is 4.18. The van der Waals surface area contributed by atoms with Gasteiger partial charge in [0.15, 0.2) is 0 Å². The molecule has 0 aliphatic rings. The molecule has 0 unspecified atom stereocenters. The molecule has 17 heavy (non-hydrogen) atoms. The van der Waals surface area contributed by atoms with E-state index < -0.39 is 0 Å². The first-order chi connectivity index (χ1) is 8.30. The van der Waals surface area contributed by atoms with E-state index in [-0.39, 0.29) is 6.61 Å². The molecule has 0 bridgehead atoms. The molecular weight excluding hydrogens is 230 g/mol. The standard InChI is InChI=1S/C14H21NOS/c1-3-5-10-15(4-2)12-14-9-8-13(17-14)7-6-11-16/h8-9,16H,3-5,10-12H2,1-2H3. The zero-order chi connectivity index (χ0) is 12.5. The monoisotopic (exact) mass is 251 g/mol. The van der Waals surface area contributed by atoms with E-state index in [4.69, 9.17) is 5.11 Å². The second-order valence-electron chi connectivity index (χ2n) is 3.95. The van der Waals surface area contributed by atoms with Crippen LogP contribution in [0.5, 0.6) is 0 Å². The molecular formula is C14H21NOS. The SMILES string of the molecule is CCCCN(CC)Cc1ccc(C#CCO)s1. The first kappa shape index (κ1) is 14.2. The van der Waals surface area contributed by atoms with Crippen molar-refractivity contribution in [3.63, 3.8) is 0 Å². The Labute approximate surface area is 108 Å². The van der Waals surface area contributed by atoms with Gasteiger partial charge in [0.1, 0.15) is 6.61 Å². The summed E-state index contributed by atoms with van der Waals surface area (Å²) in [6.45, 7) is 7.64. The van der Waals surface area contributed by atoms with Crippen molar-refractivity contribution in [3.05, 3.63) is 21.9 Å². The van der Waals surface area contributed by atoms with Gasteiger partial charge in [-0.05, 0) is 31.6 Å². The number of rotatable bonds is 6. The Kier molecular flexibility index (Phi) is 6.95. The Hall–Kier alpha value is -0.820. The first-order valence-electron chi connectivity index (χ1n) is 6.21. The Bertz CT molecular complexity index is 375. The Morgan fingerprint density at radius 2 is 2.18 bits per heavy atom. The molecule has 1 aromatic heterocycles. The van der Waals surface area contributed by atoms with Crippen LogP contribution in [0.1, 0.15) is 36.4 Å². The predicted octanol–water partition coefficient (Wildman–Crippen LogP) is 2.71. The topological polar surface area (TPSA) is 23.5 Å². The van der Waals surface area contributed by atoms with Gasteiger partial charge in [0, 0.05) is 11.4 Å². The van der Waals surface area contributed by atoms with Gasteiger partial charge in [-0.2, -0.15) is 0 Å². The average molecular weight is 251 g/mol. The van der Waals surface area contributed by atoms with Gasteiger partial charge in [-0.3, -0.25) is 4.90 Å². The van der Waals surface area contributed by atoms with E-state index in [0.29, 0.717) is 0 Å². The molecule has 0 atom stereocenters. The predicted molar refractivity (Wildman–Crippen MR) is 74.1 cm³/mol. The smallest absolute Gasteiger partial charge is 0.104 e. The van der Waals surface area contributed by atoms with Crippen molar-refractivity contribution in [1.82, 2.24) is 4.90 Å². The van der Waals surface area contributed by atoms with Gasteiger partial charge in [-0.1, -0.05) is 32.1 Å². The van der Waals surface area contributed by atoms with Gasteiger partial charge >= 0.3 is 0 Å². The van der Waals surface area contributed by atoms with E-state index in [0.717, 1.165) is 18.0 Å². The molecule has 3 heteroatoms. The Balaban J connectivity index is 2.51. The van der Waals surface area contributed by atoms with E-state index >= 15 is 0 Å². The highest BCUT2D eigenvalue weighted by atomic mass is 32.1. The van der Waals surface area contributed by atoms with Crippen molar-refractivity contribution in [2.45, 2.75) is 33.2 Å². The fourth-order valence-electron chi connectivity index (χ4n) is 1.61. The highest BCUT2D eigenvalue weighted by Gasteiger charge is 2.05. The zero-order valence-corrected chi connectivity index (χ0v) is 11.5. The van der Waals surface area contributed by atoms with Crippen molar-refractivity contribution < 1.29 is 5.11 Å². The summed E-state index contributed by atoms with van der Waals surface area (Å²) in [4.78, 5) is 4.85. The maximum atomic E-state index is 8.64. The van der Waals surface area contributed by atoms with Crippen LogP contribution in [0.2, 0.25) is 0 Å². The van der Waals surface area contributed by atoms with Crippen molar-refractivity contribution in [1.29, 1.82) is 0 Å². The maximum Gasteiger partial charge on any atom is 0.104 e. The minimum absolute atomic E-state index is 0.0647. The minimum atomic E-state index is -0.0647. The van der Waals surface area contributed by atoms with Crippen molar-refractivity contribution in [2.24, 2.45) is 0 Å². The van der Waals surface area contributed by atoms with E-state index in [9.17, 15) is 0 Å². The number of hydrogen-bond donors (Lipinski definition) is 1. The molecule has 0 radical (unpaired) electrons. The number of nitrogens with zero attached hydrogens (tertiary/aromatic N) is 1. The molecule has 1 rings (SSSR count).